The predicted molar refractivity (Wildman–Crippen MR) is 111 cm³/mol. The molecule has 0 saturated heterocycles. The molecule has 0 heterocycles. The first-order chi connectivity index (χ1) is 14.0. The van der Waals surface area contributed by atoms with Crippen LogP contribution in [0.4, 0.5) is 4.39 Å². The molecule has 0 bridgehead atoms. The maximum absolute atomic E-state index is 13.4. The van der Waals surface area contributed by atoms with Crippen molar-refractivity contribution in [2.45, 2.75) is 45.4 Å². The smallest absolute Gasteiger partial charge is 0.343 e. The van der Waals surface area contributed by atoms with Crippen LogP contribution in [0, 0.1) is 5.82 Å². The average molecular weight is 419 g/mol. The van der Waals surface area contributed by atoms with Crippen LogP contribution in [0.3, 0.4) is 0 Å². The molecule has 0 radical (unpaired) electrons. The van der Waals surface area contributed by atoms with Gasteiger partial charge in [-0.25, -0.2) is 14.0 Å². The molecule has 0 aliphatic heterocycles. The first-order valence-electron chi connectivity index (χ1n) is 9.65. The van der Waals surface area contributed by atoms with Crippen molar-refractivity contribution >= 4 is 23.5 Å². The number of allylic oxidation sites excluding steroid dienone is 1. The number of unbranched alkanes of at least 4 members (excludes halogenated alkanes) is 5. The Morgan fingerprint density at radius 3 is 2.34 bits per heavy atom. The summed E-state index contributed by atoms with van der Waals surface area (Å²) in [6.45, 7) is 2.17. The highest BCUT2D eigenvalue weighted by atomic mass is 35.5. The molecule has 0 aliphatic carbocycles. The molecule has 154 valence electrons. The lowest BCUT2D eigenvalue weighted by atomic mass is 10.1. The molecule has 0 saturated carbocycles. The molecule has 2 aromatic carbocycles. The number of rotatable bonds is 10. The number of esters is 2. The second-order valence-electron chi connectivity index (χ2n) is 6.52. The highest BCUT2D eigenvalue weighted by Gasteiger charge is 2.11. The van der Waals surface area contributed by atoms with Gasteiger partial charge in [-0.2, -0.15) is 0 Å². The molecule has 0 fully saturated rings. The van der Waals surface area contributed by atoms with E-state index in [1.807, 2.05) is 6.08 Å². The van der Waals surface area contributed by atoms with E-state index in [1.165, 1.54) is 61.7 Å². The van der Waals surface area contributed by atoms with Gasteiger partial charge in [-0.05, 0) is 49.2 Å². The van der Waals surface area contributed by atoms with Crippen LogP contribution in [0.1, 0.15) is 55.8 Å². The standard InChI is InChI=1S/C23H24ClFO4/c1-2-3-4-5-6-7-8-9-22(26)28-18-12-10-17(11-13-18)23(27)29-19-14-15-20(24)21(25)16-19/h8-16H,2-7H2,1H3. The Labute approximate surface area is 175 Å². The maximum atomic E-state index is 13.4. The van der Waals surface area contributed by atoms with Gasteiger partial charge in [0.05, 0.1) is 10.6 Å². The number of ether oxygens (including phenoxy) is 2. The van der Waals surface area contributed by atoms with Gasteiger partial charge in [0.25, 0.3) is 0 Å². The summed E-state index contributed by atoms with van der Waals surface area (Å²) in [4.78, 5) is 23.9. The van der Waals surface area contributed by atoms with E-state index in [9.17, 15) is 14.0 Å². The SMILES string of the molecule is CCCCCCCC=CC(=O)Oc1ccc(C(=O)Oc2ccc(Cl)c(F)c2)cc1. The molecule has 0 atom stereocenters. The summed E-state index contributed by atoms with van der Waals surface area (Å²) in [5.74, 6) is -1.43. The minimum Gasteiger partial charge on any atom is -0.423 e. The van der Waals surface area contributed by atoms with E-state index in [-0.39, 0.29) is 16.3 Å². The van der Waals surface area contributed by atoms with Gasteiger partial charge in [-0.1, -0.05) is 50.3 Å². The molecule has 4 nitrogen and oxygen atoms in total. The van der Waals surface area contributed by atoms with Gasteiger partial charge in [0.15, 0.2) is 0 Å². The summed E-state index contributed by atoms with van der Waals surface area (Å²) in [6, 6.07) is 9.66. The fourth-order valence-corrected chi connectivity index (χ4v) is 2.68. The van der Waals surface area contributed by atoms with Crippen LogP contribution in [0.15, 0.2) is 54.6 Å². The van der Waals surface area contributed by atoms with E-state index in [4.69, 9.17) is 21.1 Å². The van der Waals surface area contributed by atoms with E-state index in [1.54, 1.807) is 0 Å². The molecule has 0 aliphatic rings. The number of carbonyl (C=O) groups is 2. The average Bonchev–Trinajstić information content (AvgIpc) is 2.70. The summed E-state index contributed by atoms with van der Waals surface area (Å²) >= 11 is 5.60. The van der Waals surface area contributed by atoms with E-state index < -0.39 is 17.8 Å². The van der Waals surface area contributed by atoms with Gasteiger partial charge >= 0.3 is 11.9 Å². The highest BCUT2D eigenvalue weighted by molar-refractivity contribution is 6.30. The second kappa shape index (κ2) is 12.0. The van der Waals surface area contributed by atoms with Gasteiger partial charge in [0, 0.05) is 12.1 Å². The van der Waals surface area contributed by atoms with E-state index in [0.717, 1.165) is 25.3 Å². The number of carbonyl (C=O) groups excluding carboxylic acids is 2. The van der Waals surface area contributed by atoms with Crippen molar-refractivity contribution in [3.05, 3.63) is 71.0 Å². The lowest BCUT2D eigenvalue weighted by Gasteiger charge is -2.06. The summed E-state index contributed by atoms with van der Waals surface area (Å²) in [6.07, 6.45) is 9.95. The number of hydrogen-bond acceptors (Lipinski definition) is 4. The Morgan fingerprint density at radius 2 is 1.66 bits per heavy atom. The first kappa shape index (κ1) is 22.6. The summed E-state index contributed by atoms with van der Waals surface area (Å²) in [5.41, 5.74) is 0.239. The lowest BCUT2D eigenvalue weighted by molar-refractivity contribution is -0.129. The van der Waals surface area contributed by atoms with Gasteiger partial charge in [-0.3, -0.25) is 0 Å². The number of halogens is 2. The second-order valence-corrected chi connectivity index (χ2v) is 6.92. The molecule has 2 aromatic rings. The van der Waals surface area contributed by atoms with Gasteiger partial charge in [-0.15, -0.1) is 0 Å². The van der Waals surface area contributed by atoms with Crippen LogP contribution in [-0.4, -0.2) is 11.9 Å². The summed E-state index contributed by atoms with van der Waals surface area (Å²) in [7, 11) is 0. The molecule has 0 unspecified atom stereocenters. The Morgan fingerprint density at radius 1 is 0.966 bits per heavy atom. The van der Waals surface area contributed by atoms with Crippen LogP contribution in [0.5, 0.6) is 11.5 Å². The van der Waals surface area contributed by atoms with Gasteiger partial charge < -0.3 is 9.47 Å². The Balaban J connectivity index is 1.80. The van der Waals surface area contributed by atoms with Crippen molar-refractivity contribution in [2.24, 2.45) is 0 Å². The number of benzene rings is 2. The third kappa shape index (κ3) is 8.08. The van der Waals surface area contributed by atoms with Crippen molar-refractivity contribution in [1.29, 1.82) is 0 Å². The first-order valence-corrected chi connectivity index (χ1v) is 10.0. The van der Waals surface area contributed by atoms with Crippen molar-refractivity contribution in [3.63, 3.8) is 0 Å². The topological polar surface area (TPSA) is 52.6 Å². The molecule has 0 aromatic heterocycles. The minimum absolute atomic E-state index is 0.0484. The van der Waals surface area contributed by atoms with E-state index >= 15 is 0 Å². The third-order valence-electron chi connectivity index (χ3n) is 4.14. The summed E-state index contributed by atoms with van der Waals surface area (Å²) in [5, 5.41) is -0.0542. The minimum atomic E-state index is -0.673. The zero-order valence-electron chi connectivity index (χ0n) is 16.3. The van der Waals surface area contributed by atoms with Crippen molar-refractivity contribution in [2.75, 3.05) is 0 Å². The Hall–Kier alpha value is -2.66. The Kier molecular flexibility index (Phi) is 9.38. The Bertz CT molecular complexity index is 846. The van der Waals surface area contributed by atoms with Crippen LogP contribution in [0.25, 0.3) is 0 Å². The quantitative estimate of drug-likeness (QED) is 0.191. The maximum Gasteiger partial charge on any atom is 0.343 e. The van der Waals surface area contributed by atoms with Gasteiger partial charge in [0.2, 0.25) is 0 Å². The van der Waals surface area contributed by atoms with Crippen LogP contribution in [-0.2, 0) is 4.79 Å². The molecule has 29 heavy (non-hydrogen) atoms. The highest BCUT2D eigenvalue weighted by Crippen LogP contribution is 2.22. The monoisotopic (exact) mass is 418 g/mol. The van der Waals surface area contributed by atoms with Crippen molar-refractivity contribution in [1.82, 2.24) is 0 Å². The molecule has 0 amide bonds. The molecule has 0 N–H and O–H groups in total. The van der Waals surface area contributed by atoms with Gasteiger partial charge in [0.1, 0.15) is 17.3 Å². The van der Waals surface area contributed by atoms with Crippen molar-refractivity contribution in [3.8, 4) is 11.5 Å². The van der Waals surface area contributed by atoms with E-state index in [0.29, 0.717) is 5.75 Å². The summed E-state index contributed by atoms with van der Waals surface area (Å²) < 4.78 is 23.7. The molecule has 2 rings (SSSR count). The fourth-order valence-electron chi connectivity index (χ4n) is 2.56. The fraction of sp³-hybridized carbons (Fsp3) is 0.304. The molecular formula is C23H24ClFO4. The van der Waals surface area contributed by atoms with Crippen LogP contribution >= 0.6 is 11.6 Å². The van der Waals surface area contributed by atoms with E-state index in [2.05, 4.69) is 6.92 Å². The van der Waals surface area contributed by atoms with Crippen molar-refractivity contribution < 1.29 is 23.5 Å². The molecule has 6 heteroatoms. The third-order valence-corrected chi connectivity index (χ3v) is 4.44. The normalized spacial score (nSPS) is 10.9. The number of hydrogen-bond donors (Lipinski definition) is 0. The zero-order valence-corrected chi connectivity index (χ0v) is 17.1. The molecular weight excluding hydrogens is 395 g/mol. The lowest BCUT2D eigenvalue weighted by Crippen LogP contribution is -2.09. The van der Waals surface area contributed by atoms with Crippen LogP contribution in [0.2, 0.25) is 5.02 Å². The largest absolute Gasteiger partial charge is 0.423 e. The zero-order chi connectivity index (χ0) is 21.1. The predicted octanol–water partition coefficient (Wildman–Crippen LogP) is 6.52. The van der Waals surface area contributed by atoms with Crippen LogP contribution < -0.4 is 9.47 Å². The molecule has 0 spiro atoms.